The molecule has 1 saturated heterocycles. The Balaban J connectivity index is 2.05. The first-order valence-electron chi connectivity index (χ1n) is 7.15. The molecule has 5 nitrogen and oxygen atoms in total. The number of hydrogen-bond donors (Lipinski definition) is 0. The number of carbonyl (C=O) groups excluding carboxylic acids is 2. The summed E-state index contributed by atoms with van der Waals surface area (Å²) in [6.07, 6.45) is 2.98. The third-order valence-corrected chi connectivity index (χ3v) is 3.85. The third kappa shape index (κ3) is 3.82. The highest BCUT2D eigenvalue weighted by atomic mass is 16.5. The summed E-state index contributed by atoms with van der Waals surface area (Å²) in [7, 11) is 2.80. The summed E-state index contributed by atoms with van der Waals surface area (Å²) in [5.74, 6) is -0.507. The second kappa shape index (κ2) is 7.22. The molecule has 1 aliphatic heterocycles. The van der Waals surface area contributed by atoms with Gasteiger partial charge in [0.1, 0.15) is 6.04 Å². The van der Waals surface area contributed by atoms with Crippen molar-refractivity contribution in [2.45, 2.75) is 31.8 Å². The van der Waals surface area contributed by atoms with Crippen molar-refractivity contribution in [3.8, 4) is 0 Å². The summed E-state index contributed by atoms with van der Waals surface area (Å²) in [4.78, 5) is 25.4. The first-order chi connectivity index (χ1) is 10.2. The Bertz CT molecular complexity index is 498. The molecule has 0 radical (unpaired) electrons. The maximum absolute atomic E-state index is 11.8. The van der Waals surface area contributed by atoms with Crippen LogP contribution in [0.5, 0.6) is 0 Å². The summed E-state index contributed by atoms with van der Waals surface area (Å²) in [6, 6.07) is 7.13. The zero-order valence-corrected chi connectivity index (χ0v) is 12.5. The van der Waals surface area contributed by atoms with Gasteiger partial charge in [0, 0.05) is 6.54 Å². The number of esters is 2. The molecule has 1 atom stereocenters. The summed E-state index contributed by atoms with van der Waals surface area (Å²) in [5, 5.41) is 0. The first-order valence-corrected chi connectivity index (χ1v) is 7.15. The highest BCUT2D eigenvalue weighted by molar-refractivity contribution is 5.89. The normalized spacial score (nSPS) is 19.0. The van der Waals surface area contributed by atoms with Crippen LogP contribution >= 0.6 is 0 Å². The fourth-order valence-corrected chi connectivity index (χ4v) is 2.68. The van der Waals surface area contributed by atoms with Crippen LogP contribution in [0.3, 0.4) is 0 Å². The maximum atomic E-state index is 11.8. The van der Waals surface area contributed by atoms with E-state index in [1.807, 2.05) is 12.1 Å². The van der Waals surface area contributed by atoms with Crippen molar-refractivity contribution >= 4 is 11.9 Å². The van der Waals surface area contributed by atoms with E-state index >= 15 is 0 Å². The van der Waals surface area contributed by atoms with E-state index in [1.54, 1.807) is 12.1 Å². The van der Waals surface area contributed by atoms with E-state index in [4.69, 9.17) is 4.74 Å². The lowest BCUT2D eigenvalue weighted by Gasteiger charge is -2.33. The Morgan fingerprint density at radius 2 is 1.86 bits per heavy atom. The van der Waals surface area contributed by atoms with E-state index in [2.05, 4.69) is 9.64 Å². The van der Waals surface area contributed by atoms with Crippen LogP contribution in [0, 0.1) is 0 Å². The molecule has 1 aromatic carbocycles. The molecule has 0 amide bonds. The lowest BCUT2D eigenvalue weighted by molar-refractivity contribution is -0.148. The fourth-order valence-electron chi connectivity index (χ4n) is 2.68. The zero-order chi connectivity index (χ0) is 15.2. The molecular formula is C16H21NO4. The van der Waals surface area contributed by atoms with Crippen molar-refractivity contribution in [1.29, 1.82) is 0 Å². The molecular weight excluding hydrogens is 270 g/mol. The first kappa shape index (κ1) is 15.5. The van der Waals surface area contributed by atoms with Gasteiger partial charge in [-0.3, -0.25) is 9.69 Å². The van der Waals surface area contributed by atoms with Crippen LogP contribution in [0.1, 0.15) is 35.2 Å². The van der Waals surface area contributed by atoms with Crippen LogP contribution in [-0.4, -0.2) is 43.6 Å². The summed E-state index contributed by atoms with van der Waals surface area (Å²) >= 11 is 0. The molecule has 0 aromatic heterocycles. The van der Waals surface area contributed by atoms with Crippen molar-refractivity contribution in [2.24, 2.45) is 0 Å². The van der Waals surface area contributed by atoms with Gasteiger partial charge in [-0.15, -0.1) is 0 Å². The quantitative estimate of drug-likeness (QED) is 0.794. The Kier molecular flexibility index (Phi) is 5.33. The van der Waals surface area contributed by atoms with Crippen LogP contribution in [0.25, 0.3) is 0 Å². The monoisotopic (exact) mass is 291 g/mol. The van der Waals surface area contributed by atoms with Crippen LogP contribution in [0.15, 0.2) is 24.3 Å². The molecule has 0 N–H and O–H groups in total. The number of likely N-dealkylation sites (tertiary alicyclic amines) is 1. The number of piperidine rings is 1. The van der Waals surface area contributed by atoms with Crippen LogP contribution in [0.2, 0.25) is 0 Å². The predicted octanol–water partition coefficient (Wildman–Crippen LogP) is 2.00. The van der Waals surface area contributed by atoms with Gasteiger partial charge in [0.05, 0.1) is 19.8 Å². The molecule has 1 aromatic rings. The van der Waals surface area contributed by atoms with Crippen LogP contribution in [-0.2, 0) is 20.8 Å². The number of carbonyl (C=O) groups is 2. The van der Waals surface area contributed by atoms with Gasteiger partial charge in [-0.25, -0.2) is 4.79 Å². The van der Waals surface area contributed by atoms with Gasteiger partial charge in [0.15, 0.2) is 0 Å². The predicted molar refractivity (Wildman–Crippen MR) is 77.8 cm³/mol. The molecule has 2 rings (SSSR count). The van der Waals surface area contributed by atoms with Gasteiger partial charge < -0.3 is 9.47 Å². The van der Waals surface area contributed by atoms with Crippen molar-refractivity contribution in [3.05, 3.63) is 35.4 Å². The molecule has 0 aliphatic carbocycles. The average Bonchev–Trinajstić information content (AvgIpc) is 2.54. The average molecular weight is 291 g/mol. The molecule has 0 bridgehead atoms. The number of hydrogen-bond acceptors (Lipinski definition) is 5. The number of rotatable bonds is 4. The van der Waals surface area contributed by atoms with Gasteiger partial charge in [-0.1, -0.05) is 18.6 Å². The molecule has 114 valence electrons. The molecule has 1 unspecified atom stereocenters. The fraction of sp³-hybridized carbons (Fsp3) is 0.500. The van der Waals surface area contributed by atoms with E-state index in [9.17, 15) is 9.59 Å². The Labute approximate surface area is 124 Å². The number of methoxy groups -OCH3 is 2. The van der Waals surface area contributed by atoms with E-state index in [1.165, 1.54) is 14.2 Å². The standard InChI is InChI=1S/C16H21NO4/c1-20-15(18)13-8-6-12(7-9-13)11-17-10-4-3-5-14(17)16(19)21-2/h6-9,14H,3-5,10-11H2,1-2H3. The second-order valence-electron chi connectivity index (χ2n) is 5.19. The lowest BCUT2D eigenvalue weighted by atomic mass is 10.0. The molecule has 5 heteroatoms. The SMILES string of the molecule is COC(=O)c1ccc(CN2CCCCC2C(=O)OC)cc1. The molecule has 0 spiro atoms. The molecule has 1 heterocycles. The third-order valence-electron chi connectivity index (χ3n) is 3.85. The van der Waals surface area contributed by atoms with E-state index in [0.717, 1.165) is 31.4 Å². The topological polar surface area (TPSA) is 55.8 Å². The van der Waals surface area contributed by atoms with E-state index in [0.29, 0.717) is 12.1 Å². The molecule has 1 fully saturated rings. The van der Waals surface area contributed by atoms with Crippen LogP contribution < -0.4 is 0 Å². The second-order valence-corrected chi connectivity index (χ2v) is 5.19. The van der Waals surface area contributed by atoms with Crippen molar-refractivity contribution in [2.75, 3.05) is 20.8 Å². The smallest absolute Gasteiger partial charge is 0.337 e. The maximum Gasteiger partial charge on any atom is 0.337 e. The Morgan fingerprint density at radius 3 is 2.48 bits per heavy atom. The van der Waals surface area contributed by atoms with Crippen molar-refractivity contribution < 1.29 is 19.1 Å². The van der Waals surface area contributed by atoms with Gasteiger partial charge >= 0.3 is 11.9 Å². The van der Waals surface area contributed by atoms with Gasteiger partial charge in [0.25, 0.3) is 0 Å². The Hall–Kier alpha value is -1.88. The van der Waals surface area contributed by atoms with Crippen molar-refractivity contribution in [1.82, 2.24) is 4.90 Å². The Morgan fingerprint density at radius 1 is 1.14 bits per heavy atom. The number of benzene rings is 1. The van der Waals surface area contributed by atoms with E-state index < -0.39 is 0 Å². The lowest BCUT2D eigenvalue weighted by Crippen LogP contribution is -2.44. The summed E-state index contributed by atoms with van der Waals surface area (Å²) in [6.45, 7) is 1.57. The van der Waals surface area contributed by atoms with Gasteiger partial charge in [-0.05, 0) is 37.1 Å². The highest BCUT2D eigenvalue weighted by Gasteiger charge is 2.29. The summed E-state index contributed by atoms with van der Waals surface area (Å²) in [5.41, 5.74) is 1.60. The molecule has 21 heavy (non-hydrogen) atoms. The van der Waals surface area contributed by atoms with Gasteiger partial charge in [0.2, 0.25) is 0 Å². The molecule has 0 saturated carbocycles. The molecule has 1 aliphatic rings. The van der Waals surface area contributed by atoms with Gasteiger partial charge in [-0.2, -0.15) is 0 Å². The minimum Gasteiger partial charge on any atom is -0.468 e. The van der Waals surface area contributed by atoms with Crippen molar-refractivity contribution in [3.63, 3.8) is 0 Å². The zero-order valence-electron chi connectivity index (χ0n) is 12.5. The van der Waals surface area contributed by atoms with Crippen LogP contribution in [0.4, 0.5) is 0 Å². The highest BCUT2D eigenvalue weighted by Crippen LogP contribution is 2.21. The van der Waals surface area contributed by atoms with E-state index in [-0.39, 0.29) is 18.0 Å². The number of ether oxygens (including phenoxy) is 2. The summed E-state index contributed by atoms with van der Waals surface area (Å²) < 4.78 is 9.56. The number of nitrogens with zero attached hydrogens (tertiary/aromatic N) is 1. The minimum atomic E-state index is -0.341. The minimum absolute atomic E-state index is 0.163. The largest absolute Gasteiger partial charge is 0.468 e.